The first-order chi connectivity index (χ1) is 11.5. The van der Waals surface area contributed by atoms with E-state index in [1.165, 1.54) is 0 Å². The number of amides is 1. The minimum absolute atomic E-state index is 0.00296. The first-order valence-electron chi connectivity index (χ1n) is 8.45. The van der Waals surface area contributed by atoms with E-state index in [0.29, 0.717) is 62.6 Å². The van der Waals surface area contributed by atoms with E-state index in [2.05, 4.69) is 0 Å². The topological polar surface area (TPSA) is 72.6 Å². The number of hydrogen-bond acceptors (Lipinski definition) is 4. The van der Waals surface area contributed by atoms with Crippen LogP contribution in [0, 0.1) is 5.92 Å². The fourth-order valence-corrected chi connectivity index (χ4v) is 3.59. The van der Waals surface area contributed by atoms with Crippen LogP contribution in [-0.2, 0) is 9.53 Å². The standard InChI is InChI=1S/C18H23ClN2O3/c19-15-3-1-13(2-4-15)16(22)14-5-9-21(10-6-14)17(23)18(20)7-11-24-12-8-18/h1-4,14H,5-12,20H2. The molecule has 2 N–H and O–H groups in total. The molecule has 2 aliphatic heterocycles. The summed E-state index contributed by atoms with van der Waals surface area (Å²) in [5, 5.41) is 0.622. The molecule has 2 aliphatic rings. The van der Waals surface area contributed by atoms with Gasteiger partial charge in [0.05, 0.1) is 5.54 Å². The Bertz CT molecular complexity index is 603. The minimum atomic E-state index is -0.800. The van der Waals surface area contributed by atoms with Crippen molar-refractivity contribution >= 4 is 23.3 Å². The number of nitrogens with two attached hydrogens (primary N) is 1. The van der Waals surface area contributed by atoms with Crippen molar-refractivity contribution in [1.82, 2.24) is 4.90 Å². The molecule has 2 saturated heterocycles. The number of nitrogens with zero attached hydrogens (tertiary/aromatic N) is 1. The highest BCUT2D eigenvalue weighted by Crippen LogP contribution is 2.26. The maximum absolute atomic E-state index is 12.7. The van der Waals surface area contributed by atoms with Gasteiger partial charge in [-0.25, -0.2) is 0 Å². The third kappa shape index (κ3) is 3.63. The molecule has 5 nitrogen and oxygen atoms in total. The summed E-state index contributed by atoms with van der Waals surface area (Å²) in [7, 11) is 0. The number of Topliss-reactive ketones (excluding diaryl/α,β-unsaturated/α-hetero) is 1. The van der Waals surface area contributed by atoms with E-state index >= 15 is 0 Å². The van der Waals surface area contributed by atoms with Gasteiger partial charge in [0.25, 0.3) is 0 Å². The van der Waals surface area contributed by atoms with Gasteiger partial charge in [-0.1, -0.05) is 11.6 Å². The Labute approximate surface area is 147 Å². The predicted octanol–water partition coefficient (Wildman–Crippen LogP) is 2.27. The van der Waals surface area contributed by atoms with Crippen molar-refractivity contribution in [3.63, 3.8) is 0 Å². The number of carbonyl (C=O) groups excluding carboxylic acids is 2. The lowest BCUT2D eigenvalue weighted by atomic mass is 9.86. The van der Waals surface area contributed by atoms with Gasteiger partial charge in [-0.05, 0) is 49.9 Å². The summed E-state index contributed by atoms with van der Waals surface area (Å²) in [5.74, 6) is 0.0918. The molecule has 0 bridgehead atoms. The van der Waals surface area contributed by atoms with Crippen molar-refractivity contribution < 1.29 is 14.3 Å². The van der Waals surface area contributed by atoms with Gasteiger partial charge in [0.1, 0.15) is 0 Å². The summed E-state index contributed by atoms with van der Waals surface area (Å²) in [5.41, 5.74) is 6.17. The Balaban J connectivity index is 1.58. The first kappa shape index (κ1) is 17.4. The zero-order chi connectivity index (χ0) is 17.2. The Kier molecular flexibility index (Phi) is 5.23. The lowest BCUT2D eigenvalue weighted by Crippen LogP contribution is -2.59. The van der Waals surface area contributed by atoms with E-state index in [9.17, 15) is 9.59 Å². The van der Waals surface area contributed by atoms with Gasteiger partial charge >= 0.3 is 0 Å². The molecule has 0 atom stereocenters. The summed E-state index contributed by atoms with van der Waals surface area (Å²) in [4.78, 5) is 27.1. The summed E-state index contributed by atoms with van der Waals surface area (Å²) < 4.78 is 5.30. The van der Waals surface area contributed by atoms with E-state index in [-0.39, 0.29) is 17.6 Å². The van der Waals surface area contributed by atoms with Crippen LogP contribution in [0.5, 0.6) is 0 Å². The predicted molar refractivity (Wildman–Crippen MR) is 92.1 cm³/mol. The van der Waals surface area contributed by atoms with Gasteiger partial charge in [0.2, 0.25) is 5.91 Å². The van der Waals surface area contributed by atoms with Crippen LogP contribution in [-0.4, -0.2) is 48.4 Å². The second-order valence-corrected chi connectivity index (χ2v) is 7.14. The molecule has 1 amide bonds. The van der Waals surface area contributed by atoms with Gasteiger partial charge in [-0.3, -0.25) is 9.59 Å². The smallest absolute Gasteiger partial charge is 0.242 e. The van der Waals surface area contributed by atoms with E-state index in [0.717, 1.165) is 0 Å². The molecule has 0 saturated carbocycles. The molecule has 0 unspecified atom stereocenters. The normalized spacial score (nSPS) is 21.5. The number of ether oxygens (including phenoxy) is 1. The van der Waals surface area contributed by atoms with Crippen LogP contribution in [0.1, 0.15) is 36.0 Å². The third-order valence-corrected chi connectivity index (χ3v) is 5.34. The molecule has 3 rings (SSSR count). The van der Waals surface area contributed by atoms with Gasteiger partial charge in [-0.2, -0.15) is 0 Å². The lowest BCUT2D eigenvalue weighted by Gasteiger charge is -2.39. The van der Waals surface area contributed by atoms with E-state index in [1.54, 1.807) is 24.3 Å². The Morgan fingerprint density at radius 2 is 1.71 bits per heavy atom. The number of ketones is 1. The number of benzene rings is 1. The molecule has 130 valence electrons. The second-order valence-electron chi connectivity index (χ2n) is 6.71. The molecule has 2 heterocycles. The molecule has 2 fully saturated rings. The molecule has 24 heavy (non-hydrogen) atoms. The zero-order valence-corrected chi connectivity index (χ0v) is 14.4. The Hall–Kier alpha value is -1.43. The van der Waals surface area contributed by atoms with Crippen LogP contribution >= 0.6 is 11.6 Å². The maximum atomic E-state index is 12.7. The average Bonchev–Trinajstić information content (AvgIpc) is 2.62. The zero-order valence-electron chi connectivity index (χ0n) is 13.7. The van der Waals surface area contributed by atoms with Crippen LogP contribution in [0.3, 0.4) is 0 Å². The molecule has 6 heteroatoms. The van der Waals surface area contributed by atoms with Crippen molar-refractivity contribution in [2.24, 2.45) is 11.7 Å². The fraction of sp³-hybridized carbons (Fsp3) is 0.556. The number of hydrogen-bond donors (Lipinski definition) is 1. The highest BCUT2D eigenvalue weighted by molar-refractivity contribution is 6.30. The van der Waals surface area contributed by atoms with Gasteiger partial charge in [-0.15, -0.1) is 0 Å². The molecular formula is C18H23ClN2O3. The molecule has 1 aromatic rings. The van der Waals surface area contributed by atoms with Crippen LogP contribution in [0.2, 0.25) is 5.02 Å². The summed E-state index contributed by atoms with van der Waals surface area (Å²) in [6.45, 7) is 2.24. The van der Waals surface area contributed by atoms with E-state index in [4.69, 9.17) is 22.1 Å². The fourth-order valence-electron chi connectivity index (χ4n) is 3.46. The van der Waals surface area contributed by atoms with Crippen LogP contribution in [0.25, 0.3) is 0 Å². The van der Waals surface area contributed by atoms with Crippen molar-refractivity contribution in [3.8, 4) is 0 Å². The number of carbonyl (C=O) groups is 2. The molecule has 0 aliphatic carbocycles. The van der Waals surface area contributed by atoms with E-state index < -0.39 is 5.54 Å². The summed E-state index contributed by atoms with van der Waals surface area (Å²) >= 11 is 5.87. The highest BCUT2D eigenvalue weighted by atomic mass is 35.5. The summed E-state index contributed by atoms with van der Waals surface area (Å²) in [6, 6.07) is 6.99. The number of rotatable bonds is 3. The Morgan fingerprint density at radius 1 is 1.12 bits per heavy atom. The molecule has 1 aromatic carbocycles. The monoisotopic (exact) mass is 350 g/mol. The molecule has 0 aromatic heterocycles. The van der Waals surface area contributed by atoms with Crippen molar-refractivity contribution in [2.45, 2.75) is 31.2 Å². The highest BCUT2D eigenvalue weighted by Gasteiger charge is 2.40. The molecular weight excluding hydrogens is 328 g/mol. The lowest BCUT2D eigenvalue weighted by molar-refractivity contribution is -0.141. The molecule has 0 spiro atoms. The third-order valence-electron chi connectivity index (χ3n) is 5.09. The number of halogens is 1. The van der Waals surface area contributed by atoms with Crippen molar-refractivity contribution in [2.75, 3.05) is 26.3 Å². The average molecular weight is 351 g/mol. The minimum Gasteiger partial charge on any atom is -0.381 e. The Morgan fingerprint density at radius 3 is 2.29 bits per heavy atom. The van der Waals surface area contributed by atoms with Crippen LogP contribution in [0.4, 0.5) is 0 Å². The number of likely N-dealkylation sites (tertiary alicyclic amines) is 1. The van der Waals surface area contributed by atoms with Crippen LogP contribution in [0.15, 0.2) is 24.3 Å². The summed E-state index contributed by atoms with van der Waals surface area (Å²) in [6.07, 6.45) is 2.49. The number of piperidine rings is 1. The maximum Gasteiger partial charge on any atom is 0.242 e. The van der Waals surface area contributed by atoms with Gasteiger partial charge in [0, 0.05) is 42.8 Å². The van der Waals surface area contributed by atoms with Crippen molar-refractivity contribution in [1.29, 1.82) is 0 Å². The van der Waals surface area contributed by atoms with Crippen LogP contribution < -0.4 is 5.73 Å². The van der Waals surface area contributed by atoms with Crippen molar-refractivity contribution in [3.05, 3.63) is 34.9 Å². The molecule has 0 radical (unpaired) electrons. The van der Waals surface area contributed by atoms with Gasteiger partial charge < -0.3 is 15.4 Å². The largest absolute Gasteiger partial charge is 0.381 e. The SMILES string of the molecule is NC1(C(=O)N2CCC(C(=O)c3ccc(Cl)cc3)CC2)CCOCC1. The quantitative estimate of drug-likeness (QED) is 0.849. The second kappa shape index (κ2) is 7.21. The first-order valence-corrected chi connectivity index (χ1v) is 8.83. The van der Waals surface area contributed by atoms with Gasteiger partial charge in [0.15, 0.2) is 5.78 Å². The van der Waals surface area contributed by atoms with E-state index in [1.807, 2.05) is 4.90 Å².